The van der Waals surface area contributed by atoms with Gasteiger partial charge in [0.25, 0.3) is 0 Å². The second-order valence-corrected chi connectivity index (χ2v) is 6.34. The summed E-state index contributed by atoms with van der Waals surface area (Å²) in [6.07, 6.45) is 1.48. The lowest BCUT2D eigenvalue weighted by Crippen LogP contribution is -2.09. The Morgan fingerprint density at radius 3 is 2.35 bits per heavy atom. The third-order valence-corrected chi connectivity index (χ3v) is 4.69. The highest BCUT2D eigenvalue weighted by molar-refractivity contribution is 6.15. The normalized spacial score (nSPS) is 13.4. The van der Waals surface area contributed by atoms with Crippen molar-refractivity contribution >= 4 is 22.2 Å². The number of ketones is 1. The molecule has 3 aromatic rings. The molecule has 3 aromatic carbocycles. The van der Waals surface area contributed by atoms with E-state index in [9.17, 15) is 4.79 Å². The van der Waals surface area contributed by atoms with Crippen LogP contribution in [-0.4, -0.2) is 19.9 Å². The zero-order valence-corrected chi connectivity index (χ0v) is 13.5. The van der Waals surface area contributed by atoms with Gasteiger partial charge in [-0.2, -0.15) is 0 Å². The number of hydrogen-bond donors (Lipinski definition) is 0. The minimum atomic E-state index is 0.274. The van der Waals surface area contributed by atoms with Crippen molar-refractivity contribution in [3.05, 3.63) is 65.7 Å². The van der Waals surface area contributed by atoms with Gasteiger partial charge in [0.15, 0.2) is 5.78 Å². The first kappa shape index (κ1) is 14.0. The molecule has 0 fully saturated rings. The molecule has 0 saturated carbocycles. The van der Waals surface area contributed by atoms with Gasteiger partial charge in [0.05, 0.1) is 0 Å². The van der Waals surface area contributed by atoms with Crippen LogP contribution >= 0.6 is 0 Å². The summed E-state index contributed by atoms with van der Waals surface area (Å²) >= 11 is 0. The Morgan fingerprint density at radius 1 is 0.826 bits per heavy atom. The molecule has 0 heterocycles. The van der Waals surface area contributed by atoms with E-state index in [0.717, 1.165) is 28.5 Å². The molecule has 2 heteroatoms. The van der Waals surface area contributed by atoms with Gasteiger partial charge in [-0.15, -0.1) is 0 Å². The monoisotopic (exact) mass is 301 g/mol. The molecule has 0 N–H and O–H groups in total. The highest BCUT2D eigenvalue weighted by Gasteiger charge is 2.26. The standard InChI is InChI=1S/C21H19NO/c1-22(2)18-10-6-9-16-17(18)13-15-11-12-19(23)21(15)20(16)14-7-4-3-5-8-14/h3-10,13H,11-12H2,1-2H3. The Balaban J connectivity index is 2.16. The predicted octanol–water partition coefficient (Wildman–Crippen LogP) is 4.70. The third kappa shape index (κ3) is 2.14. The van der Waals surface area contributed by atoms with Crippen molar-refractivity contribution in [3.63, 3.8) is 0 Å². The summed E-state index contributed by atoms with van der Waals surface area (Å²) < 4.78 is 0. The Kier molecular flexibility index (Phi) is 3.19. The third-order valence-electron chi connectivity index (χ3n) is 4.69. The first-order chi connectivity index (χ1) is 11.2. The van der Waals surface area contributed by atoms with Gasteiger partial charge in [0.2, 0.25) is 0 Å². The molecule has 2 nitrogen and oxygen atoms in total. The number of carbonyl (C=O) groups is 1. The maximum absolute atomic E-state index is 12.5. The molecule has 0 unspecified atom stereocenters. The van der Waals surface area contributed by atoms with Gasteiger partial charge in [-0.1, -0.05) is 42.5 Å². The minimum Gasteiger partial charge on any atom is -0.377 e. The lowest BCUT2D eigenvalue weighted by molar-refractivity contribution is 0.0995. The molecule has 23 heavy (non-hydrogen) atoms. The van der Waals surface area contributed by atoms with Crippen LogP contribution < -0.4 is 4.90 Å². The first-order valence-corrected chi connectivity index (χ1v) is 8.01. The number of Topliss-reactive ketones (excluding diaryl/α,β-unsaturated/α-hetero) is 1. The van der Waals surface area contributed by atoms with E-state index in [-0.39, 0.29) is 5.78 Å². The van der Waals surface area contributed by atoms with Gasteiger partial charge in [-0.3, -0.25) is 4.79 Å². The van der Waals surface area contributed by atoms with Crippen molar-refractivity contribution in [3.8, 4) is 11.1 Å². The number of hydrogen-bond acceptors (Lipinski definition) is 2. The highest BCUT2D eigenvalue weighted by Crippen LogP contribution is 2.41. The van der Waals surface area contributed by atoms with Crippen molar-refractivity contribution in [1.82, 2.24) is 0 Å². The van der Waals surface area contributed by atoms with Crippen LogP contribution in [0.2, 0.25) is 0 Å². The maximum Gasteiger partial charge on any atom is 0.164 e. The molecule has 114 valence electrons. The van der Waals surface area contributed by atoms with E-state index in [4.69, 9.17) is 0 Å². The van der Waals surface area contributed by atoms with E-state index in [1.54, 1.807) is 0 Å². The number of carbonyl (C=O) groups excluding carboxylic acids is 1. The van der Waals surface area contributed by atoms with Gasteiger partial charge in [-0.25, -0.2) is 0 Å². The maximum atomic E-state index is 12.5. The van der Waals surface area contributed by atoms with E-state index < -0.39 is 0 Å². The summed E-state index contributed by atoms with van der Waals surface area (Å²) in [5.74, 6) is 0.274. The number of nitrogens with zero attached hydrogens (tertiary/aromatic N) is 1. The van der Waals surface area contributed by atoms with Crippen LogP contribution in [0.1, 0.15) is 22.3 Å². The van der Waals surface area contributed by atoms with E-state index in [1.165, 1.54) is 16.6 Å². The fourth-order valence-corrected chi connectivity index (χ4v) is 3.65. The summed E-state index contributed by atoms with van der Waals surface area (Å²) in [5, 5.41) is 2.39. The first-order valence-electron chi connectivity index (χ1n) is 8.01. The van der Waals surface area contributed by atoms with Gasteiger partial charge < -0.3 is 4.90 Å². The molecule has 0 aromatic heterocycles. The van der Waals surface area contributed by atoms with Crippen molar-refractivity contribution in [1.29, 1.82) is 0 Å². The number of fused-ring (bicyclic) bond motifs is 2. The summed E-state index contributed by atoms with van der Waals surface area (Å²) in [7, 11) is 4.13. The van der Waals surface area contributed by atoms with Crippen molar-refractivity contribution in [2.75, 3.05) is 19.0 Å². The molecule has 1 aliphatic carbocycles. The van der Waals surface area contributed by atoms with Crippen molar-refractivity contribution in [2.24, 2.45) is 0 Å². The Morgan fingerprint density at radius 2 is 1.61 bits per heavy atom. The summed E-state index contributed by atoms with van der Waals surface area (Å²) in [6.45, 7) is 0. The fraction of sp³-hybridized carbons (Fsp3) is 0.190. The second kappa shape index (κ2) is 5.24. The quantitative estimate of drug-likeness (QED) is 0.683. The van der Waals surface area contributed by atoms with E-state index in [1.807, 2.05) is 18.2 Å². The number of benzene rings is 3. The molecule has 4 rings (SSSR count). The van der Waals surface area contributed by atoms with Gasteiger partial charge >= 0.3 is 0 Å². The van der Waals surface area contributed by atoms with E-state index in [0.29, 0.717) is 6.42 Å². The zero-order chi connectivity index (χ0) is 16.0. The Labute approximate surface area is 136 Å². The van der Waals surface area contributed by atoms with Crippen molar-refractivity contribution < 1.29 is 4.79 Å². The molecule has 1 aliphatic rings. The van der Waals surface area contributed by atoms with Crippen LogP contribution in [0.15, 0.2) is 54.6 Å². The van der Waals surface area contributed by atoms with Crippen LogP contribution in [0.25, 0.3) is 21.9 Å². The second-order valence-electron chi connectivity index (χ2n) is 6.34. The molecular formula is C21H19NO. The minimum absolute atomic E-state index is 0.274. The topological polar surface area (TPSA) is 20.3 Å². The number of rotatable bonds is 2. The average molecular weight is 301 g/mol. The van der Waals surface area contributed by atoms with Crippen molar-refractivity contribution in [2.45, 2.75) is 12.8 Å². The molecule has 0 amide bonds. The predicted molar refractivity (Wildman–Crippen MR) is 96.4 cm³/mol. The van der Waals surface area contributed by atoms with Crippen LogP contribution in [0, 0.1) is 0 Å². The lowest BCUT2D eigenvalue weighted by Gasteiger charge is -2.19. The Bertz CT molecular complexity index is 910. The highest BCUT2D eigenvalue weighted by atomic mass is 16.1. The van der Waals surface area contributed by atoms with Gasteiger partial charge in [0, 0.05) is 42.7 Å². The molecule has 0 bridgehead atoms. The molecule has 0 radical (unpaired) electrons. The van der Waals surface area contributed by atoms with Crippen LogP contribution in [0.3, 0.4) is 0 Å². The molecule has 0 spiro atoms. The van der Waals surface area contributed by atoms with Gasteiger partial charge in [-0.05, 0) is 35.1 Å². The SMILES string of the molecule is CN(C)c1cccc2c(-c3ccccc3)c3c(cc12)CCC3=O. The zero-order valence-electron chi connectivity index (χ0n) is 13.5. The van der Waals surface area contributed by atoms with Crippen LogP contribution in [0.5, 0.6) is 0 Å². The number of anilines is 1. The Hall–Kier alpha value is -2.61. The smallest absolute Gasteiger partial charge is 0.164 e. The van der Waals surface area contributed by atoms with Gasteiger partial charge in [0.1, 0.15) is 0 Å². The summed E-state index contributed by atoms with van der Waals surface area (Å²) in [6, 6.07) is 18.9. The average Bonchev–Trinajstić information content (AvgIpc) is 2.94. The van der Waals surface area contributed by atoms with Crippen LogP contribution in [0.4, 0.5) is 5.69 Å². The fourth-order valence-electron chi connectivity index (χ4n) is 3.65. The van der Waals surface area contributed by atoms with E-state index in [2.05, 4.69) is 55.4 Å². The molecule has 0 aliphatic heterocycles. The van der Waals surface area contributed by atoms with E-state index >= 15 is 0 Å². The number of aryl methyl sites for hydroxylation is 1. The molecular weight excluding hydrogens is 282 g/mol. The lowest BCUT2D eigenvalue weighted by atomic mass is 9.90. The molecule has 0 saturated heterocycles. The molecule has 0 atom stereocenters. The largest absolute Gasteiger partial charge is 0.377 e. The summed E-state index contributed by atoms with van der Waals surface area (Å²) in [4.78, 5) is 14.7. The summed E-state index contributed by atoms with van der Waals surface area (Å²) in [5.41, 5.74) is 5.54. The van der Waals surface area contributed by atoms with Crippen LogP contribution in [-0.2, 0) is 6.42 Å².